The largest absolute Gasteiger partial charge is 0.497 e. The third-order valence-corrected chi connectivity index (χ3v) is 5.54. The normalized spacial score (nSPS) is 11.0. The second-order valence-electron chi connectivity index (χ2n) is 6.91. The fraction of sp³-hybridized carbons (Fsp3) is 0.125. The highest BCUT2D eigenvalue weighted by atomic mass is 32.1. The Kier molecular flexibility index (Phi) is 6.24. The molecule has 2 heterocycles. The molecular formula is C24H22N4O2S. The van der Waals surface area contributed by atoms with Crippen LogP contribution in [0, 0.1) is 6.92 Å². The van der Waals surface area contributed by atoms with E-state index in [0.717, 1.165) is 27.3 Å². The van der Waals surface area contributed by atoms with E-state index in [2.05, 4.69) is 15.4 Å². The quantitative estimate of drug-likeness (QED) is 0.404. The van der Waals surface area contributed by atoms with Crippen molar-refractivity contribution in [2.75, 3.05) is 12.4 Å². The van der Waals surface area contributed by atoms with Gasteiger partial charge in [-0.2, -0.15) is 9.67 Å². The highest BCUT2D eigenvalue weighted by molar-refractivity contribution is 7.09. The number of benzene rings is 2. The van der Waals surface area contributed by atoms with Crippen LogP contribution in [-0.2, 0) is 6.54 Å². The highest BCUT2D eigenvalue weighted by Crippen LogP contribution is 2.20. The van der Waals surface area contributed by atoms with E-state index in [9.17, 15) is 4.79 Å². The van der Waals surface area contributed by atoms with Crippen LogP contribution >= 0.6 is 11.3 Å². The van der Waals surface area contributed by atoms with Crippen molar-refractivity contribution < 1.29 is 9.53 Å². The minimum atomic E-state index is -0.282. The van der Waals surface area contributed by atoms with E-state index in [4.69, 9.17) is 4.74 Å². The summed E-state index contributed by atoms with van der Waals surface area (Å²) in [5.41, 5.74) is 2.90. The average molecular weight is 431 g/mol. The monoisotopic (exact) mass is 430 g/mol. The number of hydrogen-bond acceptors (Lipinski definition) is 6. The zero-order chi connectivity index (χ0) is 21.6. The lowest BCUT2D eigenvalue weighted by atomic mass is 10.1. The number of aryl methyl sites for hydroxylation is 1. The number of anilines is 1. The van der Waals surface area contributed by atoms with Gasteiger partial charge in [0.2, 0.25) is 5.95 Å². The maximum absolute atomic E-state index is 12.9. The Labute approximate surface area is 184 Å². The molecule has 1 N–H and O–H groups in total. The third kappa shape index (κ3) is 5.07. The van der Waals surface area contributed by atoms with Crippen LogP contribution in [0.4, 0.5) is 5.95 Å². The van der Waals surface area contributed by atoms with Crippen LogP contribution in [0.5, 0.6) is 5.75 Å². The van der Waals surface area contributed by atoms with Gasteiger partial charge in [0.25, 0.3) is 5.91 Å². The van der Waals surface area contributed by atoms with Crippen molar-refractivity contribution >= 4 is 29.3 Å². The molecule has 0 amide bonds. The van der Waals surface area contributed by atoms with E-state index in [1.54, 1.807) is 24.5 Å². The smallest absolute Gasteiger partial charge is 0.274 e. The fourth-order valence-electron chi connectivity index (χ4n) is 2.94. The Bertz CT molecular complexity index is 1180. The van der Waals surface area contributed by atoms with E-state index in [1.165, 1.54) is 10.8 Å². The summed E-state index contributed by atoms with van der Waals surface area (Å²) in [6.45, 7) is 2.59. The van der Waals surface area contributed by atoms with Gasteiger partial charge in [0.1, 0.15) is 5.75 Å². The van der Waals surface area contributed by atoms with Gasteiger partial charge in [0.05, 0.1) is 13.7 Å². The summed E-state index contributed by atoms with van der Waals surface area (Å²) in [5, 5.41) is 9.73. The predicted octanol–water partition coefficient (Wildman–Crippen LogP) is 5.29. The topological polar surface area (TPSA) is 69.0 Å². The van der Waals surface area contributed by atoms with Crippen molar-refractivity contribution in [1.82, 2.24) is 14.8 Å². The van der Waals surface area contributed by atoms with Crippen LogP contribution in [0.1, 0.15) is 20.8 Å². The number of rotatable bonds is 7. The van der Waals surface area contributed by atoms with Gasteiger partial charge in [0, 0.05) is 16.5 Å². The molecule has 0 aliphatic rings. The Balaban J connectivity index is 1.60. The summed E-state index contributed by atoms with van der Waals surface area (Å²) in [6, 6.07) is 19.4. The van der Waals surface area contributed by atoms with Gasteiger partial charge in [0.15, 0.2) is 5.82 Å². The predicted molar refractivity (Wildman–Crippen MR) is 124 cm³/mol. The molecule has 0 bridgehead atoms. The number of allylic oxidation sites excluding steroid dienone is 1. The number of nitrogens with zero attached hydrogens (tertiary/aromatic N) is 3. The van der Waals surface area contributed by atoms with Crippen molar-refractivity contribution in [2.45, 2.75) is 13.5 Å². The molecule has 0 fully saturated rings. The Hall–Kier alpha value is -3.71. The number of methoxy groups -OCH3 is 1. The van der Waals surface area contributed by atoms with Crippen LogP contribution in [0.15, 0.2) is 72.1 Å². The molecule has 0 saturated carbocycles. The Morgan fingerprint density at radius 1 is 1.13 bits per heavy atom. The molecule has 2 aromatic carbocycles. The van der Waals surface area contributed by atoms with Gasteiger partial charge in [-0.3, -0.25) is 4.79 Å². The Morgan fingerprint density at radius 2 is 1.90 bits per heavy atom. The van der Waals surface area contributed by atoms with E-state index < -0.39 is 0 Å². The average Bonchev–Trinajstić information content (AvgIpc) is 3.47. The molecule has 156 valence electrons. The summed E-state index contributed by atoms with van der Waals surface area (Å²) >= 11 is 1.64. The van der Waals surface area contributed by atoms with Crippen molar-refractivity contribution in [1.29, 1.82) is 0 Å². The van der Waals surface area contributed by atoms with E-state index in [0.29, 0.717) is 18.3 Å². The van der Waals surface area contributed by atoms with Crippen LogP contribution in [-0.4, -0.2) is 27.8 Å². The summed E-state index contributed by atoms with van der Waals surface area (Å²) < 4.78 is 6.48. The van der Waals surface area contributed by atoms with Gasteiger partial charge in [-0.25, -0.2) is 0 Å². The molecule has 0 aliphatic heterocycles. The highest BCUT2D eigenvalue weighted by Gasteiger charge is 2.16. The Morgan fingerprint density at radius 3 is 2.58 bits per heavy atom. The molecule has 4 rings (SSSR count). The summed E-state index contributed by atoms with van der Waals surface area (Å²) in [6.07, 6.45) is 3.24. The molecule has 31 heavy (non-hydrogen) atoms. The number of carbonyl (C=O) groups excluding carboxylic acids is 1. The summed E-state index contributed by atoms with van der Waals surface area (Å²) in [5.74, 6) is 1.39. The molecule has 0 radical (unpaired) electrons. The first-order chi connectivity index (χ1) is 15.1. The maximum atomic E-state index is 12.9. The molecule has 4 aromatic rings. The van der Waals surface area contributed by atoms with Gasteiger partial charge in [-0.05, 0) is 42.1 Å². The number of aromatic nitrogens is 3. The minimum absolute atomic E-state index is 0.282. The van der Waals surface area contributed by atoms with Crippen LogP contribution in [0.3, 0.4) is 0 Å². The van der Waals surface area contributed by atoms with E-state index in [-0.39, 0.29) is 5.91 Å². The molecule has 0 unspecified atom stereocenters. The fourth-order valence-corrected chi connectivity index (χ4v) is 3.58. The number of nitrogens with one attached hydrogen (secondary N) is 1. The molecule has 0 aliphatic carbocycles. The molecule has 6 nitrogen and oxygen atoms in total. The van der Waals surface area contributed by atoms with Crippen molar-refractivity contribution in [3.8, 4) is 17.1 Å². The second kappa shape index (κ2) is 9.40. The molecule has 0 spiro atoms. The lowest BCUT2D eigenvalue weighted by molar-refractivity contribution is 0.0957. The van der Waals surface area contributed by atoms with E-state index in [1.807, 2.05) is 73.0 Å². The standard InChI is InChI=1S/C24H22N4O2S/c1-17-5-10-19(11-6-17)23-26-24(25-16-21-4-3-15-31-21)28(27-23)22(29)14-9-18-7-12-20(30-2)13-8-18/h3-15H,16H2,1-2H3,(H,25,26,27). The van der Waals surface area contributed by atoms with Gasteiger partial charge >= 0.3 is 0 Å². The minimum Gasteiger partial charge on any atom is -0.497 e. The van der Waals surface area contributed by atoms with Gasteiger partial charge < -0.3 is 10.1 Å². The van der Waals surface area contributed by atoms with Crippen LogP contribution in [0.2, 0.25) is 0 Å². The first-order valence-electron chi connectivity index (χ1n) is 9.79. The summed E-state index contributed by atoms with van der Waals surface area (Å²) in [4.78, 5) is 18.7. The van der Waals surface area contributed by atoms with E-state index >= 15 is 0 Å². The number of carbonyl (C=O) groups is 1. The number of ether oxygens (including phenoxy) is 1. The second-order valence-corrected chi connectivity index (χ2v) is 7.95. The molecule has 2 aromatic heterocycles. The zero-order valence-corrected chi connectivity index (χ0v) is 18.1. The van der Waals surface area contributed by atoms with Gasteiger partial charge in [-0.15, -0.1) is 16.4 Å². The van der Waals surface area contributed by atoms with Crippen molar-refractivity contribution in [2.24, 2.45) is 0 Å². The van der Waals surface area contributed by atoms with Gasteiger partial charge in [-0.1, -0.05) is 48.0 Å². The zero-order valence-electron chi connectivity index (χ0n) is 17.3. The lowest BCUT2D eigenvalue weighted by Gasteiger charge is -2.04. The first-order valence-corrected chi connectivity index (χ1v) is 10.7. The van der Waals surface area contributed by atoms with Crippen LogP contribution in [0.25, 0.3) is 17.5 Å². The third-order valence-electron chi connectivity index (χ3n) is 4.66. The number of thiophene rings is 1. The molecule has 7 heteroatoms. The first kappa shape index (κ1) is 20.6. The van der Waals surface area contributed by atoms with Crippen LogP contribution < -0.4 is 10.1 Å². The molecule has 0 saturated heterocycles. The summed E-state index contributed by atoms with van der Waals surface area (Å²) in [7, 11) is 1.62. The molecule has 0 atom stereocenters. The SMILES string of the molecule is COc1ccc(C=CC(=O)n2nc(-c3ccc(C)cc3)nc2NCc2cccs2)cc1. The van der Waals surface area contributed by atoms with Crippen molar-refractivity contribution in [3.05, 3.63) is 88.1 Å². The lowest BCUT2D eigenvalue weighted by Crippen LogP contribution is -2.14. The number of hydrogen-bond donors (Lipinski definition) is 1. The molecular weight excluding hydrogens is 408 g/mol. The maximum Gasteiger partial charge on any atom is 0.274 e. The van der Waals surface area contributed by atoms with Crippen molar-refractivity contribution in [3.63, 3.8) is 0 Å².